The predicted molar refractivity (Wildman–Crippen MR) is 73.4 cm³/mol. The number of methoxy groups -OCH3 is 1. The molecule has 0 aliphatic carbocycles. The molecule has 0 aromatic heterocycles. The highest BCUT2D eigenvalue weighted by molar-refractivity contribution is 4.89. The highest BCUT2D eigenvalue weighted by atomic mass is 16.5. The van der Waals surface area contributed by atoms with Gasteiger partial charge in [-0.3, -0.25) is 0 Å². The van der Waals surface area contributed by atoms with Crippen LogP contribution >= 0.6 is 0 Å². The summed E-state index contributed by atoms with van der Waals surface area (Å²) in [6, 6.07) is 0. The van der Waals surface area contributed by atoms with Crippen LogP contribution in [0.4, 0.5) is 0 Å². The molecule has 1 saturated heterocycles. The van der Waals surface area contributed by atoms with Crippen molar-refractivity contribution in [3.63, 3.8) is 0 Å². The van der Waals surface area contributed by atoms with Crippen LogP contribution in [-0.2, 0) is 4.74 Å². The Bertz CT molecular complexity index is 200. The van der Waals surface area contributed by atoms with Crippen LogP contribution in [0.25, 0.3) is 0 Å². The molecule has 1 N–H and O–H groups in total. The normalized spacial score (nSPS) is 25.1. The van der Waals surface area contributed by atoms with Crippen LogP contribution < -0.4 is 5.32 Å². The Morgan fingerprint density at radius 1 is 1.41 bits per heavy atom. The van der Waals surface area contributed by atoms with Crippen LogP contribution in [0.3, 0.4) is 0 Å². The van der Waals surface area contributed by atoms with Crippen molar-refractivity contribution in [2.75, 3.05) is 46.4 Å². The minimum Gasteiger partial charge on any atom is -0.383 e. The molecule has 1 aliphatic heterocycles. The lowest BCUT2D eigenvalue weighted by Gasteiger charge is -2.35. The van der Waals surface area contributed by atoms with Crippen molar-refractivity contribution < 1.29 is 4.74 Å². The van der Waals surface area contributed by atoms with E-state index in [1.54, 1.807) is 7.11 Å². The van der Waals surface area contributed by atoms with E-state index in [-0.39, 0.29) is 0 Å². The fourth-order valence-corrected chi connectivity index (χ4v) is 2.79. The average Bonchev–Trinajstić information content (AvgIpc) is 2.74. The third-order valence-corrected chi connectivity index (χ3v) is 3.88. The maximum atomic E-state index is 5.23. The van der Waals surface area contributed by atoms with Crippen LogP contribution in [-0.4, -0.2) is 51.3 Å². The van der Waals surface area contributed by atoms with Gasteiger partial charge in [-0.15, -0.1) is 0 Å². The minimum atomic E-state index is 0.503. The van der Waals surface area contributed by atoms with E-state index in [0.717, 1.165) is 19.1 Å². The first-order valence-corrected chi connectivity index (χ1v) is 7.04. The third kappa shape index (κ3) is 4.94. The number of hydrogen-bond donors (Lipinski definition) is 1. The van der Waals surface area contributed by atoms with Gasteiger partial charge in [0.15, 0.2) is 0 Å². The maximum Gasteiger partial charge on any atom is 0.0589 e. The maximum absolute atomic E-state index is 5.23. The van der Waals surface area contributed by atoms with E-state index in [0.29, 0.717) is 5.41 Å². The summed E-state index contributed by atoms with van der Waals surface area (Å²) >= 11 is 0. The van der Waals surface area contributed by atoms with Crippen LogP contribution in [0.15, 0.2) is 0 Å². The van der Waals surface area contributed by atoms with Gasteiger partial charge in [-0.1, -0.05) is 20.8 Å². The lowest BCUT2D eigenvalue weighted by atomic mass is 9.83. The zero-order valence-corrected chi connectivity index (χ0v) is 12.1. The Balaban J connectivity index is 2.50. The minimum absolute atomic E-state index is 0.503. The van der Waals surface area contributed by atoms with Gasteiger partial charge in [0.2, 0.25) is 0 Å². The molecule has 0 saturated carbocycles. The lowest BCUT2D eigenvalue weighted by Crippen LogP contribution is -2.42. The molecule has 1 rings (SSSR count). The molecule has 102 valence electrons. The van der Waals surface area contributed by atoms with Gasteiger partial charge < -0.3 is 15.0 Å². The molecule has 3 heteroatoms. The number of rotatable bonds is 8. The predicted octanol–water partition coefficient (Wildman–Crippen LogP) is 1.98. The number of hydrogen-bond acceptors (Lipinski definition) is 3. The topological polar surface area (TPSA) is 24.5 Å². The molecule has 0 aromatic rings. The summed E-state index contributed by atoms with van der Waals surface area (Å²) in [5.74, 6) is 0.732. The van der Waals surface area contributed by atoms with E-state index in [2.05, 4.69) is 31.0 Å². The SMILES string of the molecule is CCC1(CN(CCOC)CC(C)C)CCNC1. The molecule has 3 nitrogen and oxygen atoms in total. The Morgan fingerprint density at radius 3 is 2.65 bits per heavy atom. The van der Waals surface area contributed by atoms with Crippen molar-refractivity contribution in [1.29, 1.82) is 0 Å². The van der Waals surface area contributed by atoms with E-state index >= 15 is 0 Å². The molecule has 0 radical (unpaired) electrons. The zero-order valence-electron chi connectivity index (χ0n) is 12.1. The third-order valence-electron chi connectivity index (χ3n) is 3.88. The van der Waals surface area contributed by atoms with Crippen LogP contribution in [0.5, 0.6) is 0 Å². The fraction of sp³-hybridized carbons (Fsp3) is 1.00. The summed E-state index contributed by atoms with van der Waals surface area (Å²) in [5, 5.41) is 3.52. The lowest BCUT2D eigenvalue weighted by molar-refractivity contribution is 0.101. The second-order valence-corrected chi connectivity index (χ2v) is 5.90. The number of ether oxygens (including phenoxy) is 1. The highest BCUT2D eigenvalue weighted by Crippen LogP contribution is 2.30. The Kier molecular flexibility index (Phi) is 6.45. The van der Waals surface area contributed by atoms with E-state index < -0.39 is 0 Å². The molecule has 0 aromatic carbocycles. The van der Waals surface area contributed by atoms with Crippen molar-refractivity contribution >= 4 is 0 Å². The standard InChI is InChI=1S/C14H30N2O/c1-5-14(6-7-15-11-14)12-16(8-9-17-4)10-13(2)3/h13,15H,5-12H2,1-4H3. The molecule has 1 fully saturated rings. The van der Waals surface area contributed by atoms with E-state index in [4.69, 9.17) is 4.74 Å². The largest absolute Gasteiger partial charge is 0.383 e. The Morgan fingerprint density at radius 2 is 2.18 bits per heavy atom. The summed E-state index contributed by atoms with van der Waals surface area (Å²) in [4.78, 5) is 2.59. The molecule has 17 heavy (non-hydrogen) atoms. The quantitative estimate of drug-likeness (QED) is 0.704. The second-order valence-electron chi connectivity index (χ2n) is 5.90. The molecular formula is C14H30N2O. The van der Waals surface area contributed by atoms with E-state index in [1.165, 1.54) is 39.0 Å². The number of nitrogens with zero attached hydrogens (tertiary/aromatic N) is 1. The average molecular weight is 242 g/mol. The Labute approximate surface area is 107 Å². The first kappa shape index (κ1) is 14.9. The Hall–Kier alpha value is -0.120. The first-order chi connectivity index (χ1) is 8.12. The smallest absolute Gasteiger partial charge is 0.0589 e. The molecule has 1 unspecified atom stereocenters. The summed E-state index contributed by atoms with van der Waals surface area (Å²) in [6.45, 7) is 13.6. The molecular weight excluding hydrogens is 212 g/mol. The molecule has 1 aliphatic rings. The fourth-order valence-electron chi connectivity index (χ4n) is 2.79. The molecule has 1 atom stereocenters. The van der Waals surface area contributed by atoms with Crippen LogP contribution in [0, 0.1) is 11.3 Å². The molecule has 0 amide bonds. The van der Waals surface area contributed by atoms with Crippen LogP contribution in [0.1, 0.15) is 33.6 Å². The van der Waals surface area contributed by atoms with Crippen molar-refractivity contribution in [3.8, 4) is 0 Å². The first-order valence-electron chi connectivity index (χ1n) is 7.04. The summed E-state index contributed by atoms with van der Waals surface area (Å²) in [5.41, 5.74) is 0.503. The highest BCUT2D eigenvalue weighted by Gasteiger charge is 2.33. The molecule has 0 bridgehead atoms. The van der Waals surface area contributed by atoms with Gasteiger partial charge in [-0.05, 0) is 30.7 Å². The molecule has 1 heterocycles. The van der Waals surface area contributed by atoms with Gasteiger partial charge >= 0.3 is 0 Å². The zero-order chi connectivity index (χ0) is 12.7. The van der Waals surface area contributed by atoms with Gasteiger partial charge in [-0.25, -0.2) is 0 Å². The van der Waals surface area contributed by atoms with E-state index in [1.807, 2.05) is 0 Å². The second kappa shape index (κ2) is 7.34. The van der Waals surface area contributed by atoms with Crippen LogP contribution in [0.2, 0.25) is 0 Å². The van der Waals surface area contributed by atoms with Crippen molar-refractivity contribution in [2.45, 2.75) is 33.6 Å². The monoisotopic (exact) mass is 242 g/mol. The van der Waals surface area contributed by atoms with Gasteiger partial charge in [0, 0.05) is 33.3 Å². The number of nitrogens with one attached hydrogen (secondary N) is 1. The van der Waals surface area contributed by atoms with Gasteiger partial charge in [0.05, 0.1) is 6.61 Å². The summed E-state index contributed by atoms with van der Waals surface area (Å²) in [6.07, 6.45) is 2.60. The van der Waals surface area contributed by atoms with E-state index in [9.17, 15) is 0 Å². The van der Waals surface area contributed by atoms with Gasteiger partial charge in [-0.2, -0.15) is 0 Å². The van der Waals surface area contributed by atoms with Crippen molar-refractivity contribution in [3.05, 3.63) is 0 Å². The van der Waals surface area contributed by atoms with Crippen molar-refractivity contribution in [1.82, 2.24) is 10.2 Å². The van der Waals surface area contributed by atoms with Gasteiger partial charge in [0.1, 0.15) is 0 Å². The summed E-state index contributed by atoms with van der Waals surface area (Å²) < 4.78 is 5.23. The van der Waals surface area contributed by atoms with Crippen molar-refractivity contribution in [2.24, 2.45) is 11.3 Å². The molecule has 0 spiro atoms. The van der Waals surface area contributed by atoms with Gasteiger partial charge in [0.25, 0.3) is 0 Å². The summed E-state index contributed by atoms with van der Waals surface area (Å²) in [7, 11) is 1.79.